The molecule has 0 spiro atoms. The second kappa shape index (κ2) is 8.98. The van der Waals surface area contributed by atoms with Gasteiger partial charge in [0.2, 0.25) is 0 Å². The van der Waals surface area contributed by atoms with E-state index < -0.39 is 35.3 Å². The Morgan fingerprint density at radius 2 is 1.56 bits per heavy atom. The molecule has 0 saturated carbocycles. The molecule has 0 bridgehead atoms. The lowest BCUT2D eigenvalue weighted by Gasteiger charge is -2.36. The van der Waals surface area contributed by atoms with Crippen molar-refractivity contribution < 1.29 is 31.4 Å². The Balaban J connectivity index is 0.00000288. The number of phenolic OH excluding ortho intramolecular Hbond substituents is 1. The third-order valence-electron chi connectivity index (χ3n) is 3.53. The molecule has 1 aliphatic heterocycles. The van der Waals surface area contributed by atoms with Gasteiger partial charge in [-0.1, -0.05) is 15.9 Å². The smallest absolute Gasteiger partial charge is 0.420 e. The zero-order chi connectivity index (χ0) is 17.4. The molecule has 3 nitrogen and oxygen atoms in total. The number of piperazine rings is 1. The third-order valence-corrected chi connectivity index (χ3v) is 3.99. The summed E-state index contributed by atoms with van der Waals surface area (Å²) in [6, 6.07) is -0.863. The van der Waals surface area contributed by atoms with E-state index in [2.05, 4.69) is 21.2 Å². The molecule has 146 valence electrons. The number of halogens is 9. The second-order valence-electron chi connectivity index (χ2n) is 5.12. The Bertz CT molecular complexity index is 579. The van der Waals surface area contributed by atoms with Crippen molar-refractivity contribution in [1.29, 1.82) is 0 Å². The first kappa shape index (κ1) is 24.6. The molecular weight excluding hydrogens is 465 g/mol. The molecule has 0 aliphatic carbocycles. The maximum absolute atomic E-state index is 13.5. The summed E-state index contributed by atoms with van der Waals surface area (Å²) in [6.07, 6.45) is -9.78. The second-order valence-corrected chi connectivity index (χ2v) is 6.03. The minimum Gasteiger partial charge on any atom is -0.507 e. The predicted molar refractivity (Wildman–Crippen MR) is 88.5 cm³/mol. The number of hydrogen-bond acceptors (Lipinski definition) is 3. The Kier molecular flexibility index (Phi) is 8.83. The van der Waals surface area contributed by atoms with E-state index in [1.807, 2.05) is 0 Å². The SMILES string of the molecule is Cl.Cl.Oc1c([C@@H](N2CCNCC2)C(F)(F)F)cc(Br)cc1C(F)(F)F. The van der Waals surface area contributed by atoms with Crippen molar-refractivity contribution in [2.45, 2.75) is 18.4 Å². The highest BCUT2D eigenvalue weighted by molar-refractivity contribution is 9.10. The highest BCUT2D eigenvalue weighted by Gasteiger charge is 2.48. The van der Waals surface area contributed by atoms with E-state index in [1.54, 1.807) is 0 Å². The molecular formula is C13H15BrCl2F6N2O. The molecule has 1 fully saturated rings. The molecule has 12 heteroatoms. The molecule has 1 aliphatic rings. The first-order chi connectivity index (χ1) is 10.5. The fourth-order valence-corrected chi connectivity index (χ4v) is 3.04. The molecule has 0 radical (unpaired) electrons. The van der Waals surface area contributed by atoms with Crippen LogP contribution < -0.4 is 5.32 Å². The maximum Gasteiger partial charge on any atom is 0.420 e. The van der Waals surface area contributed by atoms with Crippen LogP contribution in [0.5, 0.6) is 5.75 Å². The number of nitrogens with zero attached hydrogens (tertiary/aromatic N) is 1. The van der Waals surface area contributed by atoms with Gasteiger partial charge in [0.25, 0.3) is 0 Å². The van der Waals surface area contributed by atoms with Crippen LogP contribution >= 0.6 is 40.7 Å². The topological polar surface area (TPSA) is 35.5 Å². The van der Waals surface area contributed by atoms with Gasteiger partial charge >= 0.3 is 12.4 Å². The Morgan fingerprint density at radius 1 is 1.04 bits per heavy atom. The van der Waals surface area contributed by atoms with Crippen molar-refractivity contribution in [3.05, 3.63) is 27.7 Å². The van der Waals surface area contributed by atoms with Gasteiger partial charge in [-0.2, -0.15) is 26.3 Å². The summed E-state index contributed by atoms with van der Waals surface area (Å²) in [7, 11) is 0. The number of benzene rings is 1. The lowest BCUT2D eigenvalue weighted by molar-refractivity contribution is -0.188. The van der Waals surface area contributed by atoms with Gasteiger partial charge in [0.15, 0.2) is 0 Å². The molecule has 2 rings (SSSR count). The zero-order valence-electron chi connectivity index (χ0n) is 12.4. The molecule has 25 heavy (non-hydrogen) atoms. The van der Waals surface area contributed by atoms with Gasteiger partial charge in [-0.15, -0.1) is 24.8 Å². The standard InChI is InChI=1S/C13H13BrF6N2O.2ClH/c14-7-5-8(10(23)9(6-7)12(15,16)17)11(13(18,19)20)22-3-1-21-2-4-22;;/h5-6,11,21,23H,1-4H2;2*1H/t11-;;/m1../s1. The highest BCUT2D eigenvalue weighted by Crippen LogP contribution is 2.47. The van der Waals surface area contributed by atoms with E-state index in [4.69, 9.17) is 0 Å². The Morgan fingerprint density at radius 3 is 2.00 bits per heavy atom. The molecule has 1 aromatic carbocycles. The fraction of sp³-hybridized carbons (Fsp3) is 0.538. The molecule has 1 aromatic rings. The Hall–Kier alpha value is -0.420. The first-order valence-corrected chi connectivity index (χ1v) is 7.42. The molecule has 1 heterocycles. The first-order valence-electron chi connectivity index (χ1n) is 6.63. The van der Waals surface area contributed by atoms with Crippen LogP contribution in [0.3, 0.4) is 0 Å². The number of hydrogen-bond donors (Lipinski definition) is 2. The van der Waals surface area contributed by atoms with Crippen LogP contribution in [0.4, 0.5) is 26.3 Å². The summed E-state index contributed by atoms with van der Waals surface area (Å²) in [5.74, 6) is -1.39. The van der Waals surface area contributed by atoms with Crippen LogP contribution in [0.1, 0.15) is 17.2 Å². The number of phenols is 1. The van der Waals surface area contributed by atoms with E-state index in [9.17, 15) is 31.4 Å². The summed E-state index contributed by atoms with van der Waals surface area (Å²) in [5, 5.41) is 12.7. The molecule has 0 aromatic heterocycles. The predicted octanol–water partition coefficient (Wildman–Crippen LogP) is 4.53. The fourth-order valence-electron chi connectivity index (χ4n) is 2.57. The van der Waals surface area contributed by atoms with Crippen LogP contribution in [0.2, 0.25) is 0 Å². The lowest BCUT2D eigenvalue weighted by atomic mass is 9.99. The molecule has 1 atom stereocenters. The number of nitrogens with one attached hydrogen (secondary N) is 1. The lowest BCUT2D eigenvalue weighted by Crippen LogP contribution is -2.49. The summed E-state index contributed by atoms with van der Waals surface area (Å²) in [5.41, 5.74) is -2.30. The van der Waals surface area contributed by atoms with E-state index in [0.29, 0.717) is 6.07 Å². The van der Waals surface area contributed by atoms with Crippen LogP contribution in [0.15, 0.2) is 16.6 Å². The van der Waals surface area contributed by atoms with Crippen molar-refractivity contribution in [2.75, 3.05) is 26.2 Å². The van der Waals surface area contributed by atoms with E-state index >= 15 is 0 Å². The summed E-state index contributed by atoms with van der Waals surface area (Å²) < 4.78 is 79.0. The van der Waals surface area contributed by atoms with E-state index in [-0.39, 0.29) is 55.5 Å². The van der Waals surface area contributed by atoms with Gasteiger partial charge in [-0.05, 0) is 12.1 Å². The molecule has 0 unspecified atom stereocenters. The van der Waals surface area contributed by atoms with Crippen LogP contribution in [-0.4, -0.2) is 42.4 Å². The van der Waals surface area contributed by atoms with Crippen molar-refractivity contribution in [3.8, 4) is 5.75 Å². The van der Waals surface area contributed by atoms with Gasteiger partial charge in [0.05, 0.1) is 5.56 Å². The van der Waals surface area contributed by atoms with Gasteiger partial charge in [0.1, 0.15) is 11.8 Å². The van der Waals surface area contributed by atoms with E-state index in [1.165, 1.54) is 0 Å². The molecule has 1 saturated heterocycles. The summed E-state index contributed by atoms with van der Waals surface area (Å²) >= 11 is 2.79. The van der Waals surface area contributed by atoms with Crippen LogP contribution in [-0.2, 0) is 6.18 Å². The van der Waals surface area contributed by atoms with Gasteiger partial charge in [-0.3, -0.25) is 4.90 Å². The molecule has 2 N–H and O–H groups in total. The normalized spacial score (nSPS) is 17.4. The van der Waals surface area contributed by atoms with Gasteiger partial charge < -0.3 is 10.4 Å². The average molecular weight is 480 g/mol. The zero-order valence-corrected chi connectivity index (χ0v) is 15.6. The number of aromatic hydroxyl groups is 1. The molecule has 0 amide bonds. The van der Waals surface area contributed by atoms with Crippen molar-refractivity contribution in [3.63, 3.8) is 0 Å². The van der Waals surface area contributed by atoms with Gasteiger partial charge in [0, 0.05) is 36.2 Å². The van der Waals surface area contributed by atoms with Crippen LogP contribution in [0, 0.1) is 0 Å². The summed E-state index contributed by atoms with van der Waals surface area (Å²) in [4.78, 5) is 1.01. The minimum atomic E-state index is -4.96. The van der Waals surface area contributed by atoms with Crippen LogP contribution in [0.25, 0.3) is 0 Å². The van der Waals surface area contributed by atoms with Crippen molar-refractivity contribution in [1.82, 2.24) is 10.2 Å². The van der Waals surface area contributed by atoms with E-state index in [0.717, 1.165) is 11.0 Å². The third kappa shape index (κ3) is 5.78. The van der Waals surface area contributed by atoms with Gasteiger partial charge in [-0.25, -0.2) is 0 Å². The minimum absolute atomic E-state index is 0. The van der Waals surface area contributed by atoms with Crippen molar-refractivity contribution in [2.24, 2.45) is 0 Å². The maximum atomic E-state index is 13.5. The largest absolute Gasteiger partial charge is 0.507 e. The summed E-state index contributed by atoms with van der Waals surface area (Å²) in [6.45, 7) is 0.593. The monoisotopic (exact) mass is 478 g/mol. The highest BCUT2D eigenvalue weighted by atomic mass is 79.9. The number of alkyl halides is 6. The number of rotatable bonds is 2. The quantitative estimate of drug-likeness (QED) is 0.612. The average Bonchev–Trinajstić information content (AvgIpc) is 2.41. The Labute approximate surface area is 160 Å². The van der Waals surface area contributed by atoms with Crippen molar-refractivity contribution >= 4 is 40.7 Å².